The highest BCUT2D eigenvalue weighted by Gasteiger charge is 2.30. The van der Waals surface area contributed by atoms with E-state index < -0.39 is 23.8 Å². The Morgan fingerprint density at radius 3 is 2.24 bits per heavy atom. The van der Waals surface area contributed by atoms with Crippen LogP contribution in [0.3, 0.4) is 0 Å². The van der Waals surface area contributed by atoms with Crippen molar-refractivity contribution in [1.29, 1.82) is 0 Å². The van der Waals surface area contributed by atoms with Crippen LogP contribution in [0.5, 0.6) is 5.75 Å². The minimum absolute atomic E-state index is 0.104. The molecule has 1 aromatic rings. The smallest absolute Gasteiger partial charge is 0.416 e. The molecule has 0 radical (unpaired) electrons. The fourth-order valence-corrected chi connectivity index (χ4v) is 1.20. The molecule has 0 amide bonds. The summed E-state index contributed by atoms with van der Waals surface area (Å²) in [6.07, 6.45) is -5.22. The van der Waals surface area contributed by atoms with E-state index in [1.165, 1.54) is 0 Å². The van der Waals surface area contributed by atoms with Gasteiger partial charge in [0.05, 0.1) is 5.56 Å². The van der Waals surface area contributed by atoms with Crippen molar-refractivity contribution in [2.75, 3.05) is 0 Å². The van der Waals surface area contributed by atoms with Gasteiger partial charge in [-0.05, 0) is 30.7 Å². The van der Waals surface area contributed by atoms with Crippen molar-refractivity contribution < 1.29 is 27.8 Å². The summed E-state index contributed by atoms with van der Waals surface area (Å²) in [7, 11) is 0. The first-order chi connectivity index (χ1) is 7.84. The second-order valence-electron chi connectivity index (χ2n) is 3.38. The van der Waals surface area contributed by atoms with Crippen LogP contribution in [0.2, 0.25) is 0 Å². The van der Waals surface area contributed by atoms with Crippen molar-refractivity contribution in [2.24, 2.45) is 0 Å². The van der Waals surface area contributed by atoms with E-state index in [1.54, 1.807) is 6.92 Å². The second kappa shape index (κ2) is 5.07. The van der Waals surface area contributed by atoms with Crippen molar-refractivity contribution in [3.05, 3.63) is 29.8 Å². The summed E-state index contributed by atoms with van der Waals surface area (Å²) < 4.78 is 41.8. The third-order valence-corrected chi connectivity index (χ3v) is 2.11. The zero-order valence-electron chi connectivity index (χ0n) is 8.99. The molecule has 6 heteroatoms. The maximum Gasteiger partial charge on any atom is 0.416 e. The van der Waals surface area contributed by atoms with Crippen molar-refractivity contribution >= 4 is 5.97 Å². The molecule has 0 aromatic heterocycles. The van der Waals surface area contributed by atoms with Gasteiger partial charge in [0.1, 0.15) is 5.75 Å². The van der Waals surface area contributed by atoms with Crippen molar-refractivity contribution in [3.63, 3.8) is 0 Å². The number of carboxylic acids is 1. The lowest BCUT2D eigenvalue weighted by Crippen LogP contribution is -2.25. The van der Waals surface area contributed by atoms with Gasteiger partial charge >= 0.3 is 12.1 Å². The largest absolute Gasteiger partial charge is 0.479 e. The lowest BCUT2D eigenvalue weighted by Gasteiger charge is -2.13. The monoisotopic (exact) mass is 248 g/mol. The molecule has 0 aliphatic rings. The Balaban J connectivity index is 2.78. The topological polar surface area (TPSA) is 46.5 Å². The highest BCUT2D eigenvalue weighted by molar-refractivity contribution is 5.72. The third-order valence-electron chi connectivity index (χ3n) is 2.11. The van der Waals surface area contributed by atoms with Crippen molar-refractivity contribution in [3.8, 4) is 5.75 Å². The van der Waals surface area contributed by atoms with E-state index in [2.05, 4.69) is 0 Å². The molecule has 0 spiro atoms. The van der Waals surface area contributed by atoms with Gasteiger partial charge in [-0.2, -0.15) is 13.2 Å². The maximum absolute atomic E-state index is 12.2. The molecule has 94 valence electrons. The molecule has 0 saturated heterocycles. The summed E-state index contributed by atoms with van der Waals surface area (Å²) in [4.78, 5) is 10.7. The molecule has 1 atom stereocenters. The summed E-state index contributed by atoms with van der Waals surface area (Å²) in [5, 5.41) is 8.71. The van der Waals surface area contributed by atoms with Crippen molar-refractivity contribution in [1.82, 2.24) is 0 Å². The molecule has 0 heterocycles. The average Bonchev–Trinajstić information content (AvgIpc) is 2.25. The van der Waals surface area contributed by atoms with Gasteiger partial charge in [0.25, 0.3) is 0 Å². The van der Waals surface area contributed by atoms with E-state index >= 15 is 0 Å². The molecular formula is C11H11F3O3. The summed E-state index contributed by atoms with van der Waals surface area (Å²) in [6.45, 7) is 1.61. The van der Waals surface area contributed by atoms with E-state index in [0.29, 0.717) is 0 Å². The molecule has 3 nitrogen and oxygen atoms in total. The Labute approximate surface area is 95.8 Å². The third kappa shape index (κ3) is 3.65. The molecule has 0 saturated carbocycles. The van der Waals surface area contributed by atoms with E-state index in [4.69, 9.17) is 9.84 Å². The highest BCUT2D eigenvalue weighted by Crippen LogP contribution is 2.30. The maximum atomic E-state index is 12.2. The summed E-state index contributed by atoms with van der Waals surface area (Å²) in [6, 6.07) is 3.91. The Hall–Kier alpha value is -1.72. The fourth-order valence-electron chi connectivity index (χ4n) is 1.20. The average molecular weight is 248 g/mol. The summed E-state index contributed by atoms with van der Waals surface area (Å²) >= 11 is 0. The first kappa shape index (κ1) is 13.3. The summed E-state index contributed by atoms with van der Waals surface area (Å²) in [5.41, 5.74) is -0.798. The number of ether oxygens (including phenoxy) is 1. The van der Waals surface area contributed by atoms with Crippen molar-refractivity contribution in [2.45, 2.75) is 25.6 Å². The van der Waals surface area contributed by atoms with Gasteiger partial charge in [0.15, 0.2) is 6.10 Å². The van der Waals surface area contributed by atoms with Gasteiger partial charge < -0.3 is 9.84 Å². The predicted octanol–water partition coefficient (Wildman–Crippen LogP) is 2.95. The van der Waals surface area contributed by atoms with Gasteiger partial charge in [-0.15, -0.1) is 0 Å². The number of halogens is 3. The first-order valence-corrected chi connectivity index (χ1v) is 4.91. The van der Waals surface area contributed by atoms with Crippen LogP contribution in [0, 0.1) is 0 Å². The molecule has 1 aromatic carbocycles. The Morgan fingerprint density at radius 1 is 1.35 bits per heavy atom. The minimum atomic E-state index is -4.41. The number of carboxylic acid groups (broad SMARTS) is 1. The van der Waals surface area contributed by atoms with Crippen LogP contribution in [-0.4, -0.2) is 17.2 Å². The van der Waals surface area contributed by atoms with Crippen LogP contribution >= 0.6 is 0 Å². The molecule has 0 aliphatic carbocycles. The van der Waals surface area contributed by atoms with Gasteiger partial charge in [-0.1, -0.05) is 6.92 Å². The molecule has 0 bridgehead atoms. The highest BCUT2D eigenvalue weighted by atomic mass is 19.4. The molecule has 0 unspecified atom stereocenters. The Kier molecular flexibility index (Phi) is 3.98. The van der Waals surface area contributed by atoms with Crippen LogP contribution in [0.25, 0.3) is 0 Å². The van der Waals surface area contributed by atoms with Gasteiger partial charge in [-0.3, -0.25) is 0 Å². The number of benzene rings is 1. The molecule has 0 fully saturated rings. The number of rotatable bonds is 4. The molecule has 17 heavy (non-hydrogen) atoms. The SMILES string of the molecule is CC[C@@H](Oc1ccc(C(F)(F)F)cc1)C(=O)O. The Bertz CT molecular complexity index is 384. The lowest BCUT2D eigenvalue weighted by molar-refractivity contribution is -0.145. The molecule has 1 rings (SSSR count). The summed E-state index contributed by atoms with van der Waals surface area (Å²) in [5.74, 6) is -1.04. The lowest BCUT2D eigenvalue weighted by atomic mass is 10.2. The van der Waals surface area contributed by atoms with E-state index in [0.717, 1.165) is 24.3 Å². The van der Waals surface area contributed by atoms with Gasteiger partial charge in [0.2, 0.25) is 0 Å². The van der Waals surface area contributed by atoms with E-state index in [-0.39, 0.29) is 12.2 Å². The Morgan fingerprint density at radius 2 is 1.88 bits per heavy atom. The van der Waals surface area contributed by atoms with Crippen LogP contribution in [0.1, 0.15) is 18.9 Å². The van der Waals surface area contributed by atoms with Crippen LogP contribution in [0.4, 0.5) is 13.2 Å². The van der Waals surface area contributed by atoms with E-state index in [9.17, 15) is 18.0 Å². The van der Waals surface area contributed by atoms with Crippen LogP contribution in [0.15, 0.2) is 24.3 Å². The molecular weight excluding hydrogens is 237 g/mol. The second-order valence-corrected chi connectivity index (χ2v) is 3.38. The normalized spacial score (nSPS) is 13.2. The zero-order valence-corrected chi connectivity index (χ0v) is 8.99. The quantitative estimate of drug-likeness (QED) is 0.891. The first-order valence-electron chi connectivity index (χ1n) is 4.91. The van der Waals surface area contributed by atoms with Crippen LogP contribution < -0.4 is 4.74 Å². The predicted molar refractivity (Wildman–Crippen MR) is 53.8 cm³/mol. The van der Waals surface area contributed by atoms with Gasteiger partial charge in [0, 0.05) is 0 Å². The number of aliphatic carboxylic acids is 1. The zero-order chi connectivity index (χ0) is 13.1. The van der Waals surface area contributed by atoms with E-state index in [1.807, 2.05) is 0 Å². The number of hydrogen-bond donors (Lipinski definition) is 1. The molecule has 0 aliphatic heterocycles. The fraction of sp³-hybridized carbons (Fsp3) is 0.364. The van der Waals surface area contributed by atoms with Crippen LogP contribution in [-0.2, 0) is 11.0 Å². The number of alkyl halides is 3. The molecule has 1 N–H and O–H groups in total. The number of hydrogen-bond acceptors (Lipinski definition) is 2. The number of carbonyl (C=O) groups is 1. The van der Waals surface area contributed by atoms with Gasteiger partial charge in [-0.25, -0.2) is 4.79 Å². The minimum Gasteiger partial charge on any atom is -0.479 e. The standard InChI is InChI=1S/C11H11F3O3/c1-2-9(10(15)16)17-8-5-3-7(4-6-8)11(12,13)14/h3-6,9H,2H2,1H3,(H,15,16)/t9-/m1/s1.